The zero-order valence-corrected chi connectivity index (χ0v) is 19.9. The first-order valence-corrected chi connectivity index (χ1v) is 12.5. The number of fused-ring (bicyclic) bond motifs is 2. The fourth-order valence-corrected chi connectivity index (χ4v) is 5.51. The molecule has 0 saturated carbocycles. The van der Waals surface area contributed by atoms with Gasteiger partial charge in [-0.1, -0.05) is 42.8 Å². The molecule has 6 heteroatoms. The number of pyridine rings is 2. The van der Waals surface area contributed by atoms with Gasteiger partial charge in [0.05, 0.1) is 5.69 Å². The number of rotatable bonds is 4. The van der Waals surface area contributed by atoms with E-state index >= 15 is 0 Å². The van der Waals surface area contributed by atoms with E-state index in [1.54, 1.807) is 6.20 Å². The Morgan fingerprint density at radius 3 is 2.49 bits per heavy atom. The number of likely N-dealkylation sites (tertiary alicyclic amines) is 1. The molecule has 0 spiro atoms. The van der Waals surface area contributed by atoms with Crippen molar-refractivity contribution in [3.63, 3.8) is 0 Å². The number of nitrogens with zero attached hydrogens (tertiary/aromatic N) is 4. The maximum absolute atomic E-state index is 12.4. The van der Waals surface area contributed by atoms with Gasteiger partial charge < -0.3 is 10.1 Å². The molecule has 1 N–H and O–H groups in total. The largest absolute Gasteiger partial charge is 0.423 e. The highest BCUT2D eigenvalue weighted by Gasteiger charge is 2.21. The van der Waals surface area contributed by atoms with Gasteiger partial charge in [0.25, 0.3) is 5.56 Å². The molecule has 2 aliphatic heterocycles. The van der Waals surface area contributed by atoms with Crippen LogP contribution in [0.1, 0.15) is 36.0 Å². The predicted octanol–water partition coefficient (Wildman–Crippen LogP) is 4.85. The Kier molecular flexibility index (Phi) is 5.74. The Balaban J connectivity index is 1.26. The lowest BCUT2D eigenvalue weighted by Crippen LogP contribution is -2.32. The number of hydrogen-bond donors (Lipinski definition) is 1. The van der Waals surface area contributed by atoms with Gasteiger partial charge in [0.15, 0.2) is 5.65 Å². The number of anilines is 1. The van der Waals surface area contributed by atoms with Gasteiger partial charge >= 0.3 is 0 Å². The topological polar surface area (TPSA) is 61.6 Å². The van der Waals surface area contributed by atoms with Crippen molar-refractivity contribution in [3.8, 4) is 11.1 Å². The zero-order valence-electron chi connectivity index (χ0n) is 19.9. The fourth-order valence-electron chi connectivity index (χ4n) is 5.51. The molecule has 0 unspecified atom stereocenters. The van der Waals surface area contributed by atoms with Gasteiger partial charge in [-0.3, -0.25) is 9.69 Å². The second-order valence-electron chi connectivity index (χ2n) is 9.74. The van der Waals surface area contributed by atoms with E-state index in [-0.39, 0.29) is 0 Å². The second-order valence-corrected chi connectivity index (χ2v) is 9.74. The summed E-state index contributed by atoms with van der Waals surface area (Å²) in [5.74, 6) is 0. The molecule has 1 saturated heterocycles. The van der Waals surface area contributed by atoms with Crippen molar-refractivity contribution in [2.75, 3.05) is 24.5 Å². The average Bonchev–Trinajstić information content (AvgIpc) is 2.91. The summed E-state index contributed by atoms with van der Waals surface area (Å²) >= 11 is 0. The lowest BCUT2D eigenvalue weighted by molar-refractivity contribution is 0.186. The third-order valence-electron chi connectivity index (χ3n) is 7.43. The van der Waals surface area contributed by atoms with Crippen LogP contribution in [0.4, 0.5) is 5.69 Å². The van der Waals surface area contributed by atoms with Crippen LogP contribution in [0.25, 0.3) is 22.2 Å². The maximum Gasteiger partial charge on any atom is 0.286 e. The molecule has 2 aromatic carbocycles. The van der Waals surface area contributed by atoms with Crippen LogP contribution in [0.2, 0.25) is 0 Å². The van der Waals surface area contributed by atoms with Crippen LogP contribution < -0.4 is 10.5 Å². The van der Waals surface area contributed by atoms with E-state index < -0.39 is 5.56 Å². The Bertz CT molecular complexity index is 1420. The van der Waals surface area contributed by atoms with Crippen LogP contribution >= 0.6 is 0 Å². The lowest BCUT2D eigenvalue weighted by atomic mass is 9.94. The number of benzene rings is 2. The first-order chi connectivity index (χ1) is 17.2. The molecule has 2 aromatic heterocycles. The summed E-state index contributed by atoms with van der Waals surface area (Å²) in [6, 6.07) is 21.0. The van der Waals surface area contributed by atoms with E-state index in [9.17, 15) is 10.0 Å². The SMILES string of the molecule is O=c1cc(N2CCc3ccc(-c4ccc(CN5CCCCC5)cc4)cc3C2)c2cccnc2n1O. The van der Waals surface area contributed by atoms with Gasteiger partial charge in [0.1, 0.15) is 0 Å². The highest BCUT2D eigenvalue weighted by atomic mass is 16.5. The molecule has 4 heterocycles. The highest BCUT2D eigenvalue weighted by Crippen LogP contribution is 2.31. The maximum atomic E-state index is 12.4. The molecule has 178 valence electrons. The molecule has 0 aliphatic carbocycles. The van der Waals surface area contributed by atoms with Gasteiger partial charge in [-0.15, -0.1) is 4.73 Å². The molecule has 1 fully saturated rings. The van der Waals surface area contributed by atoms with E-state index in [1.165, 1.54) is 66.2 Å². The van der Waals surface area contributed by atoms with Gasteiger partial charge in [0, 0.05) is 37.3 Å². The van der Waals surface area contributed by atoms with Crippen LogP contribution in [0.3, 0.4) is 0 Å². The van der Waals surface area contributed by atoms with Crippen LogP contribution in [0.5, 0.6) is 0 Å². The normalized spacial score (nSPS) is 16.4. The molecule has 6 rings (SSSR count). The molecule has 0 amide bonds. The summed E-state index contributed by atoms with van der Waals surface area (Å²) in [5, 5.41) is 10.9. The Morgan fingerprint density at radius 2 is 1.66 bits per heavy atom. The monoisotopic (exact) mass is 466 g/mol. The molecule has 2 aliphatic rings. The van der Waals surface area contributed by atoms with E-state index in [0.717, 1.165) is 37.1 Å². The second kappa shape index (κ2) is 9.19. The molecular formula is C29H30N4O2. The minimum absolute atomic E-state index is 0.291. The summed E-state index contributed by atoms with van der Waals surface area (Å²) < 4.78 is 0.629. The third kappa shape index (κ3) is 4.30. The third-order valence-corrected chi connectivity index (χ3v) is 7.43. The van der Waals surface area contributed by atoms with Crippen LogP contribution in [-0.4, -0.2) is 39.5 Å². The minimum Gasteiger partial charge on any atom is -0.423 e. The average molecular weight is 467 g/mol. The minimum atomic E-state index is -0.463. The number of piperidine rings is 1. The van der Waals surface area contributed by atoms with Gasteiger partial charge in [-0.05, 0) is 78.4 Å². The van der Waals surface area contributed by atoms with E-state index in [2.05, 4.69) is 57.2 Å². The van der Waals surface area contributed by atoms with Crippen molar-refractivity contribution in [1.82, 2.24) is 14.6 Å². The molecule has 4 aromatic rings. The first kappa shape index (κ1) is 21.9. The Morgan fingerprint density at radius 1 is 0.857 bits per heavy atom. The van der Waals surface area contributed by atoms with Crippen molar-refractivity contribution in [2.45, 2.75) is 38.8 Å². The van der Waals surface area contributed by atoms with Crippen molar-refractivity contribution in [1.29, 1.82) is 0 Å². The zero-order chi connectivity index (χ0) is 23.8. The summed E-state index contributed by atoms with van der Waals surface area (Å²) in [7, 11) is 0. The Labute approximate surface area is 205 Å². The smallest absolute Gasteiger partial charge is 0.286 e. The summed E-state index contributed by atoms with van der Waals surface area (Å²) in [6.45, 7) is 4.99. The summed E-state index contributed by atoms with van der Waals surface area (Å²) in [6.07, 6.45) is 6.50. The van der Waals surface area contributed by atoms with E-state index in [4.69, 9.17) is 0 Å². The van der Waals surface area contributed by atoms with Crippen LogP contribution in [0.15, 0.2) is 71.7 Å². The summed E-state index contributed by atoms with van der Waals surface area (Å²) in [5.41, 5.74) is 7.09. The van der Waals surface area contributed by atoms with Crippen LogP contribution in [0, 0.1) is 0 Å². The molecule has 0 atom stereocenters. The molecule has 35 heavy (non-hydrogen) atoms. The van der Waals surface area contributed by atoms with E-state index in [0.29, 0.717) is 10.4 Å². The highest BCUT2D eigenvalue weighted by molar-refractivity contribution is 5.89. The predicted molar refractivity (Wildman–Crippen MR) is 139 cm³/mol. The van der Waals surface area contributed by atoms with Crippen molar-refractivity contribution < 1.29 is 5.21 Å². The number of hydrogen-bond acceptors (Lipinski definition) is 5. The van der Waals surface area contributed by atoms with Crippen molar-refractivity contribution >= 4 is 16.7 Å². The van der Waals surface area contributed by atoms with Crippen molar-refractivity contribution in [2.24, 2.45) is 0 Å². The molecule has 6 nitrogen and oxygen atoms in total. The van der Waals surface area contributed by atoms with Gasteiger partial charge in [-0.2, -0.15) is 0 Å². The lowest BCUT2D eigenvalue weighted by Gasteiger charge is -2.31. The van der Waals surface area contributed by atoms with Gasteiger partial charge in [0.2, 0.25) is 0 Å². The van der Waals surface area contributed by atoms with Gasteiger partial charge in [-0.25, -0.2) is 4.98 Å². The first-order valence-electron chi connectivity index (χ1n) is 12.5. The summed E-state index contributed by atoms with van der Waals surface area (Å²) in [4.78, 5) is 21.4. The Hall–Kier alpha value is -3.64. The van der Waals surface area contributed by atoms with E-state index in [1.807, 2.05) is 12.1 Å². The van der Waals surface area contributed by atoms with Crippen molar-refractivity contribution in [3.05, 3.63) is 93.9 Å². The van der Waals surface area contributed by atoms with Crippen LogP contribution in [-0.2, 0) is 19.5 Å². The molecule has 0 bridgehead atoms. The standard InChI is InChI=1S/C29H30N4O2/c34-28-18-27(26-5-4-13-30-29(26)33(28)35)32-16-12-23-10-11-24(17-25(23)20-32)22-8-6-21(7-9-22)19-31-14-2-1-3-15-31/h4-11,13,17-18,35H,1-3,12,14-16,19-20H2. The number of aromatic nitrogens is 2. The fraction of sp³-hybridized carbons (Fsp3) is 0.310. The molecular weight excluding hydrogens is 436 g/mol. The quantitative estimate of drug-likeness (QED) is 0.436. The molecule has 0 radical (unpaired) electrons.